The first-order valence-corrected chi connectivity index (χ1v) is 7.65. The molecule has 0 saturated carbocycles. The molecule has 0 aliphatic carbocycles. The van der Waals surface area contributed by atoms with Crippen LogP contribution in [0.15, 0.2) is 0 Å². The number of rotatable bonds is 1. The summed E-state index contributed by atoms with van der Waals surface area (Å²) in [7, 11) is 1.81. The monoisotopic (exact) mass is 358 g/mol. The third kappa shape index (κ3) is 13.5. The highest BCUT2D eigenvalue weighted by molar-refractivity contribution is 7.90. The Labute approximate surface area is 148 Å². The molecule has 0 heterocycles. The van der Waals surface area contributed by atoms with Crippen molar-refractivity contribution in [3.05, 3.63) is 0 Å². The number of carbonyl (C=O) groups is 1. The zero-order chi connectivity index (χ0) is 16.2. The smallest absolute Gasteiger partial charge is 0.219 e. The van der Waals surface area contributed by atoms with Crippen LogP contribution in [0.3, 0.4) is 0 Å². The normalized spacial score (nSPS) is 10.6. The molecule has 0 unspecified atom stereocenters. The molecule has 0 aromatic rings. The van der Waals surface area contributed by atoms with Gasteiger partial charge in [-0.2, -0.15) is 0 Å². The van der Waals surface area contributed by atoms with E-state index in [0.717, 1.165) is 0 Å². The van der Waals surface area contributed by atoms with Crippen molar-refractivity contribution in [1.29, 1.82) is 0 Å². The van der Waals surface area contributed by atoms with E-state index in [4.69, 9.17) is 0 Å². The highest BCUT2D eigenvalue weighted by Gasteiger charge is 2.30. The SMILES string of the molecule is C.C.C.C.CC(=O)N(C)C(C)(C)C.CN(C)S(=O)(=O)C(C)(C)C. The van der Waals surface area contributed by atoms with Gasteiger partial charge in [-0.05, 0) is 41.5 Å². The number of carbonyl (C=O) groups excluding carboxylic acids is 1. The van der Waals surface area contributed by atoms with Gasteiger partial charge in [0.1, 0.15) is 0 Å². The molecular weight excluding hydrogens is 312 g/mol. The fourth-order valence-corrected chi connectivity index (χ4v) is 2.12. The third-order valence-corrected chi connectivity index (χ3v) is 5.24. The Balaban J connectivity index is -0.0000000537. The van der Waals surface area contributed by atoms with Crippen molar-refractivity contribution in [2.75, 3.05) is 21.1 Å². The fourth-order valence-electron chi connectivity index (χ4n) is 1.02. The van der Waals surface area contributed by atoms with Crippen LogP contribution in [0.1, 0.15) is 78.2 Å². The number of hydrogen-bond donors (Lipinski definition) is 0. The van der Waals surface area contributed by atoms with Crippen molar-refractivity contribution in [2.45, 2.75) is 88.5 Å². The van der Waals surface area contributed by atoms with Crippen molar-refractivity contribution >= 4 is 15.9 Å². The molecule has 148 valence electrons. The maximum atomic E-state index is 11.3. The lowest BCUT2D eigenvalue weighted by atomic mass is 10.1. The van der Waals surface area contributed by atoms with E-state index in [1.165, 1.54) is 4.31 Å². The quantitative estimate of drug-likeness (QED) is 0.694. The van der Waals surface area contributed by atoms with Crippen LogP contribution in [0.5, 0.6) is 0 Å². The Hall–Kier alpha value is -0.620. The summed E-state index contributed by atoms with van der Waals surface area (Å²) < 4.78 is 23.1. The van der Waals surface area contributed by atoms with Crippen LogP contribution in [-0.4, -0.2) is 55.0 Å². The van der Waals surface area contributed by atoms with E-state index in [9.17, 15) is 13.2 Å². The molecule has 0 aromatic carbocycles. The molecule has 0 atom stereocenters. The second kappa shape index (κ2) is 12.8. The molecule has 0 bridgehead atoms. The van der Waals surface area contributed by atoms with Crippen LogP contribution in [0, 0.1) is 0 Å². The average molecular weight is 359 g/mol. The number of sulfonamides is 1. The van der Waals surface area contributed by atoms with Crippen LogP contribution in [0.4, 0.5) is 0 Å². The van der Waals surface area contributed by atoms with Gasteiger partial charge in [-0.15, -0.1) is 0 Å². The first kappa shape index (κ1) is 38.1. The Bertz CT molecular complexity index is 389. The standard InChI is InChI=1S/C7H15NO.C6H15NO2S.4CH4/c1-6(9)8(5)7(2,3)4;1-6(2,3)10(8,9)7(4)5;;;;/h1-5H3;1-5H3;4*1H4. The first-order valence-electron chi connectivity index (χ1n) is 6.21. The molecule has 0 rings (SSSR count). The van der Waals surface area contributed by atoms with Crippen molar-refractivity contribution in [1.82, 2.24) is 9.21 Å². The predicted octanol–water partition coefficient (Wildman–Crippen LogP) is 4.48. The highest BCUT2D eigenvalue weighted by atomic mass is 32.2. The number of nitrogens with zero attached hydrogens (tertiary/aromatic N) is 2. The average Bonchev–Trinajstić information content (AvgIpc) is 2.13. The minimum atomic E-state index is -3.08. The van der Waals surface area contributed by atoms with Gasteiger partial charge in [-0.3, -0.25) is 4.79 Å². The molecule has 0 aromatic heterocycles. The predicted molar refractivity (Wildman–Crippen MR) is 107 cm³/mol. The maximum Gasteiger partial charge on any atom is 0.219 e. The molecule has 0 N–H and O–H groups in total. The molecule has 0 fully saturated rings. The summed E-state index contributed by atoms with van der Waals surface area (Å²) in [6.45, 7) is 12.6. The summed E-state index contributed by atoms with van der Waals surface area (Å²) in [5, 5.41) is 0. The number of amides is 1. The van der Waals surface area contributed by atoms with Gasteiger partial charge in [0, 0.05) is 33.6 Å². The van der Waals surface area contributed by atoms with Gasteiger partial charge >= 0.3 is 0 Å². The highest BCUT2D eigenvalue weighted by Crippen LogP contribution is 2.16. The largest absolute Gasteiger partial charge is 0.341 e. The molecular formula is C17H46N2O3S. The summed E-state index contributed by atoms with van der Waals surface area (Å²) in [6.07, 6.45) is 0. The van der Waals surface area contributed by atoms with Crippen LogP contribution >= 0.6 is 0 Å². The molecule has 0 radical (unpaired) electrons. The van der Waals surface area contributed by atoms with Gasteiger partial charge in [0.25, 0.3) is 0 Å². The Morgan fingerprint density at radius 1 is 0.783 bits per heavy atom. The summed E-state index contributed by atoms with van der Waals surface area (Å²) in [6, 6.07) is 0. The van der Waals surface area contributed by atoms with E-state index < -0.39 is 14.8 Å². The fraction of sp³-hybridized carbons (Fsp3) is 0.941. The van der Waals surface area contributed by atoms with Crippen molar-refractivity contribution < 1.29 is 13.2 Å². The number of hydrogen-bond acceptors (Lipinski definition) is 3. The molecule has 1 amide bonds. The van der Waals surface area contributed by atoms with Crippen molar-refractivity contribution in [2.24, 2.45) is 0 Å². The minimum absolute atomic E-state index is 0. The van der Waals surface area contributed by atoms with Crippen LogP contribution in [-0.2, 0) is 14.8 Å². The van der Waals surface area contributed by atoms with Crippen molar-refractivity contribution in [3.63, 3.8) is 0 Å². The van der Waals surface area contributed by atoms with Gasteiger partial charge in [0.2, 0.25) is 15.9 Å². The van der Waals surface area contributed by atoms with Gasteiger partial charge in [-0.25, -0.2) is 12.7 Å². The van der Waals surface area contributed by atoms with E-state index in [0.29, 0.717) is 0 Å². The Morgan fingerprint density at radius 3 is 1.04 bits per heavy atom. The van der Waals surface area contributed by atoms with Crippen LogP contribution in [0.2, 0.25) is 0 Å². The maximum absolute atomic E-state index is 11.3. The van der Waals surface area contributed by atoms with E-state index in [2.05, 4.69) is 0 Å². The lowest BCUT2D eigenvalue weighted by Gasteiger charge is -2.30. The molecule has 5 nitrogen and oxygen atoms in total. The molecule has 0 aliphatic rings. The topological polar surface area (TPSA) is 57.7 Å². The molecule has 0 aliphatic heterocycles. The summed E-state index contributed by atoms with van der Waals surface area (Å²) in [4.78, 5) is 12.4. The molecule has 0 saturated heterocycles. The van der Waals surface area contributed by atoms with Gasteiger partial charge in [0.15, 0.2) is 0 Å². The summed E-state index contributed by atoms with van der Waals surface area (Å²) in [5.74, 6) is 0.113. The molecule has 23 heavy (non-hydrogen) atoms. The summed E-state index contributed by atoms with van der Waals surface area (Å²) in [5.41, 5.74) is -0.0359. The van der Waals surface area contributed by atoms with E-state index in [1.807, 2.05) is 27.8 Å². The molecule has 6 heteroatoms. The van der Waals surface area contributed by atoms with Crippen molar-refractivity contribution in [3.8, 4) is 0 Å². The zero-order valence-electron chi connectivity index (χ0n) is 14.0. The lowest BCUT2D eigenvalue weighted by Crippen LogP contribution is -2.41. The first-order chi connectivity index (χ1) is 8.05. The Morgan fingerprint density at radius 2 is 1.04 bits per heavy atom. The zero-order valence-corrected chi connectivity index (χ0v) is 14.8. The van der Waals surface area contributed by atoms with Crippen LogP contribution < -0.4 is 0 Å². The Kier molecular flexibility index (Phi) is 21.2. The van der Waals surface area contributed by atoms with Gasteiger partial charge < -0.3 is 4.90 Å². The summed E-state index contributed by atoms with van der Waals surface area (Å²) >= 11 is 0. The van der Waals surface area contributed by atoms with Gasteiger partial charge in [-0.1, -0.05) is 29.7 Å². The second-order valence-electron chi connectivity index (χ2n) is 6.65. The van der Waals surface area contributed by atoms with Crippen LogP contribution in [0.25, 0.3) is 0 Å². The van der Waals surface area contributed by atoms with E-state index in [-0.39, 0.29) is 41.2 Å². The molecule has 0 spiro atoms. The van der Waals surface area contributed by atoms with Gasteiger partial charge in [0.05, 0.1) is 4.75 Å². The van der Waals surface area contributed by atoms with E-state index >= 15 is 0 Å². The lowest BCUT2D eigenvalue weighted by molar-refractivity contribution is -0.131. The third-order valence-electron chi connectivity index (χ3n) is 2.73. The van der Waals surface area contributed by atoms with E-state index in [1.54, 1.807) is 46.7 Å². The minimum Gasteiger partial charge on any atom is -0.341 e. The second-order valence-corrected chi connectivity index (χ2v) is 9.55.